The first-order valence-electron chi connectivity index (χ1n) is 9.60. The Labute approximate surface area is 186 Å². The van der Waals surface area contributed by atoms with Crippen molar-refractivity contribution < 1.29 is 4.74 Å². The zero-order valence-corrected chi connectivity index (χ0v) is 20.2. The topological polar surface area (TPSA) is 54.7 Å². The van der Waals surface area contributed by atoms with Crippen LogP contribution in [0, 0.1) is 0 Å². The van der Waals surface area contributed by atoms with Gasteiger partial charge < -0.3 is 15.0 Å². The Morgan fingerprint density at radius 3 is 2.64 bits per heavy atom. The molecule has 0 radical (unpaired) electrons. The van der Waals surface area contributed by atoms with E-state index < -0.39 is 0 Å². The van der Waals surface area contributed by atoms with E-state index in [0.29, 0.717) is 12.5 Å². The molecule has 28 heavy (non-hydrogen) atoms. The molecule has 0 unspecified atom stereocenters. The number of aliphatic imine (C=N–C) groups is 1. The lowest BCUT2D eigenvalue weighted by molar-refractivity contribution is 0.409. The second kappa shape index (κ2) is 11.9. The highest BCUT2D eigenvalue weighted by atomic mass is 127. The van der Waals surface area contributed by atoms with E-state index in [1.165, 1.54) is 11.1 Å². The highest BCUT2D eigenvalue weighted by Gasteiger charge is 2.15. The Bertz CT molecular complexity index is 757. The molecule has 2 rings (SSSR count). The van der Waals surface area contributed by atoms with E-state index in [1.54, 1.807) is 7.11 Å². The number of hydrogen-bond acceptors (Lipinski definition) is 3. The molecule has 0 aliphatic carbocycles. The minimum Gasteiger partial charge on any atom is -0.496 e. The Morgan fingerprint density at radius 2 is 2.00 bits per heavy atom. The van der Waals surface area contributed by atoms with E-state index in [1.807, 2.05) is 29.9 Å². The van der Waals surface area contributed by atoms with Crippen LogP contribution in [0.2, 0.25) is 0 Å². The number of para-hydroxylation sites is 1. The summed E-state index contributed by atoms with van der Waals surface area (Å²) in [5, 5.41) is 8.00. The summed E-state index contributed by atoms with van der Waals surface area (Å²) < 4.78 is 7.32. The molecule has 0 atom stereocenters. The summed E-state index contributed by atoms with van der Waals surface area (Å²) in [6.45, 7) is 8.77. The summed E-state index contributed by atoms with van der Waals surface area (Å²) >= 11 is 0. The van der Waals surface area contributed by atoms with Crippen LogP contribution in [-0.4, -0.2) is 47.9 Å². The van der Waals surface area contributed by atoms with Crippen LogP contribution in [0.3, 0.4) is 0 Å². The highest BCUT2D eigenvalue weighted by molar-refractivity contribution is 14.0. The molecule has 1 aromatic heterocycles. The monoisotopic (exact) mass is 499 g/mol. The van der Waals surface area contributed by atoms with E-state index in [2.05, 4.69) is 55.4 Å². The van der Waals surface area contributed by atoms with Gasteiger partial charge in [-0.25, -0.2) is 0 Å². The zero-order valence-electron chi connectivity index (χ0n) is 17.9. The number of ether oxygens (including phenoxy) is 1. The van der Waals surface area contributed by atoms with Gasteiger partial charge in [-0.1, -0.05) is 32.0 Å². The van der Waals surface area contributed by atoms with Crippen molar-refractivity contribution in [3.05, 3.63) is 47.3 Å². The van der Waals surface area contributed by atoms with E-state index in [9.17, 15) is 0 Å². The predicted molar refractivity (Wildman–Crippen MR) is 127 cm³/mol. The lowest BCUT2D eigenvalue weighted by atomic mass is 10.1. The van der Waals surface area contributed by atoms with Gasteiger partial charge in [0.2, 0.25) is 0 Å². The van der Waals surface area contributed by atoms with Crippen molar-refractivity contribution in [2.45, 2.75) is 39.7 Å². The van der Waals surface area contributed by atoms with Crippen molar-refractivity contribution >= 4 is 29.9 Å². The van der Waals surface area contributed by atoms with Crippen molar-refractivity contribution in [3.63, 3.8) is 0 Å². The molecule has 0 saturated carbocycles. The van der Waals surface area contributed by atoms with Crippen molar-refractivity contribution in [1.82, 2.24) is 20.0 Å². The molecular weight excluding hydrogens is 465 g/mol. The highest BCUT2D eigenvalue weighted by Crippen LogP contribution is 2.19. The fraction of sp³-hybridized carbons (Fsp3) is 0.524. The first-order valence-corrected chi connectivity index (χ1v) is 9.60. The minimum atomic E-state index is 0. The number of nitrogens with one attached hydrogen (secondary N) is 1. The van der Waals surface area contributed by atoms with Gasteiger partial charge in [-0.2, -0.15) is 5.10 Å². The number of aryl methyl sites for hydroxylation is 1. The van der Waals surface area contributed by atoms with Gasteiger partial charge in [0.15, 0.2) is 5.96 Å². The lowest BCUT2D eigenvalue weighted by Gasteiger charge is -2.22. The number of aromatic nitrogens is 2. The number of methoxy groups -OCH3 is 1. The second-order valence-corrected chi connectivity index (χ2v) is 7.02. The van der Waals surface area contributed by atoms with Crippen LogP contribution in [0.1, 0.15) is 43.5 Å². The third-order valence-corrected chi connectivity index (χ3v) is 4.42. The molecule has 156 valence electrons. The summed E-state index contributed by atoms with van der Waals surface area (Å²) in [6, 6.07) is 8.11. The molecule has 7 heteroatoms. The molecule has 0 saturated heterocycles. The maximum atomic E-state index is 5.43. The van der Waals surface area contributed by atoms with Crippen LogP contribution in [0.25, 0.3) is 0 Å². The third kappa shape index (κ3) is 6.68. The quantitative estimate of drug-likeness (QED) is 0.341. The van der Waals surface area contributed by atoms with Crippen LogP contribution in [-0.2, 0) is 20.0 Å². The number of rotatable bonds is 8. The van der Waals surface area contributed by atoms with Gasteiger partial charge in [0.1, 0.15) is 5.75 Å². The Kier molecular flexibility index (Phi) is 10.3. The molecule has 6 nitrogen and oxygen atoms in total. The molecule has 1 N–H and O–H groups in total. The molecule has 0 aliphatic rings. The molecular formula is C21H34IN5O. The summed E-state index contributed by atoms with van der Waals surface area (Å²) in [5.41, 5.74) is 3.57. The van der Waals surface area contributed by atoms with E-state index >= 15 is 0 Å². The summed E-state index contributed by atoms with van der Waals surface area (Å²) in [6.07, 6.45) is 2.95. The van der Waals surface area contributed by atoms with Crippen LogP contribution >= 0.6 is 24.0 Å². The molecule has 1 aromatic carbocycles. The van der Waals surface area contributed by atoms with E-state index in [0.717, 1.165) is 36.9 Å². The number of guanidine groups is 1. The van der Waals surface area contributed by atoms with Crippen LogP contribution in [0.5, 0.6) is 5.75 Å². The van der Waals surface area contributed by atoms with Crippen LogP contribution in [0.15, 0.2) is 35.5 Å². The van der Waals surface area contributed by atoms with Gasteiger partial charge in [-0.3, -0.25) is 9.67 Å². The Morgan fingerprint density at radius 1 is 1.29 bits per heavy atom. The molecule has 0 amide bonds. The average molecular weight is 499 g/mol. The third-order valence-electron chi connectivity index (χ3n) is 4.42. The van der Waals surface area contributed by atoms with E-state index in [-0.39, 0.29) is 24.0 Å². The number of halogens is 1. The maximum Gasteiger partial charge on any atom is 0.193 e. The van der Waals surface area contributed by atoms with Gasteiger partial charge in [0, 0.05) is 45.5 Å². The SMILES string of the molecule is CCNC(=NCCc1ccccc1OC)N(C)Cc1cn(C)nc1C(C)C.I. The standard InChI is InChI=1S/C21H33N5O.HI/c1-7-22-21(23-13-12-17-10-8-9-11-19(17)27-6)25(4)14-18-15-26(5)24-20(18)16(2)3;/h8-11,15-16H,7,12-14H2,1-6H3,(H,22,23);1H. The van der Waals surface area contributed by atoms with Gasteiger partial charge >= 0.3 is 0 Å². The van der Waals surface area contributed by atoms with Crippen molar-refractivity contribution in [2.24, 2.45) is 12.0 Å². The average Bonchev–Trinajstić information content (AvgIpc) is 3.01. The number of benzene rings is 1. The molecule has 1 heterocycles. The first kappa shape index (κ1) is 24.3. The van der Waals surface area contributed by atoms with Crippen molar-refractivity contribution in [1.29, 1.82) is 0 Å². The summed E-state index contributed by atoms with van der Waals surface area (Å²) in [4.78, 5) is 6.97. The summed E-state index contributed by atoms with van der Waals surface area (Å²) in [7, 11) is 5.75. The van der Waals surface area contributed by atoms with Gasteiger partial charge in [0.05, 0.1) is 12.8 Å². The van der Waals surface area contributed by atoms with Gasteiger partial charge in [-0.15, -0.1) is 24.0 Å². The molecule has 2 aromatic rings. The largest absolute Gasteiger partial charge is 0.496 e. The molecule has 0 bridgehead atoms. The first-order chi connectivity index (χ1) is 13.0. The number of hydrogen-bond donors (Lipinski definition) is 1. The van der Waals surface area contributed by atoms with Gasteiger partial charge in [-0.05, 0) is 30.9 Å². The van der Waals surface area contributed by atoms with Gasteiger partial charge in [0.25, 0.3) is 0 Å². The van der Waals surface area contributed by atoms with Crippen molar-refractivity contribution in [3.8, 4) is 5.75 Å². The fourth-order valence-electron chi connectivity index (χ4n) is 3.15. The van der Waals surface area contributed by atoms with Crippen LogP contribution < -0.4 is 10.1 Å². The normalized spacial score (nSPS) is 11.3. The van der Waals surface area contributed by atoms with Crippen LogP contribution in [0.4, 0.5) is 0 Å². The number of nitrogens with zero attached hydrogens (tertiary/aromatic N) is 4. The van der Waals surface area contributed by atoms with E-state index in [4.69, 9.17) is 9.73 Å². The smallest absolute Gasteiger partial charge is 0.193 e. The predicted octanol–water partition coefficient (Wildman–Crippen LogP) is 3.81. The minimum absolute atomic E-state index is 0. The zero-order chi connectivity index (χ0) is 19.8. The molecule has 0 spiro atoms. The van der Waals surface area contributed by atoms with Crippen molar-refractivity contribution in [2.75, 3.05) is 27.2 Å². The maximum absolute atomic E-state index is 5.43. The lowest BCUT2D eigenvalue weighted by Crippen LogP contribution is -2.38. The molecule has 0 fully saturated rings. The fourth-order valence-corrected chi connectivity index (χ4v) is 3.15. The Hall–Kier alpha value is -1.77. The molecule has 0 aliphatic heterocycles. The second-order valence-electron chi connectivity index (χ2n) is 7.02. The summed E-state index contributed by atoms with van der Waals surface area (Å²) in [5.74, 6) is 2.23. The Balaban J connectivity index is 0.00000392.